The van der Waals surface area contributed by atoms with E-state index in [9.17, 15) is 4.79 Å². The van der Waals surface area contributed by atoms with Crippen molar-refractivity contribution in [3.8, 4) is 0 Å². The van der Waals surface area contributed by atoms with Crippen LogP contribution in [0.15, 0.2) is 30.5 Å². The predicted molar refractivity (Wildman–Crippen MR) is 78.7 cm³/mol. The molecule has 0 aliphatic carbocycles. The number of rotatable bonds is 7. The number of carbonyl (C=O) groups is 1. The van der Waals surface area contributed by atoms with E-state index in [-0.39, 0.29) is 6.61 Å². The minimum absolute atomic E-state index is 0.0647. The highest BCUT2D eigenvalue weighted by molar-refractivity contribution is 6.30. The van der Waals surface area contributed by atoms with Gasteiger partial charge in [-0.3, -0.25) is 9.48 Å². The molecule has 7 nitrogen and oxygen atoms in total. The van der Waals surface area contributed by atoms with E-state index in [1.807, 2.05) is 0 Å². The van der Waals surface area contributed by atoms with E-state index < -0.39 is 11.9 Å². The van der Waals surface area contributed by atoms with E-state index in [1.54, 1.807) is 35.1 Å². The molecular formula is C13H16ClN5O2. The molecule has 2 aromatic rings. The Morgan fingerprint density at radius 1 is 1.52 bits per heavy atom. The highest BCUT2D eigenvalue weighted by Crippen LogP contribution is 2.20. The van der Waals surface area contributed by atoms with Crippen molar-refractivity contribution in [2.24, 2.45) is 5.73 Å². The molecule has 0 aliphatic rings. The van der Waals surface area contributed by atoms with Gasteiger partial charge in [-0.15, -0.1) is 5.10 Å². The normalized spacial score (nSPS) is 12.1. The fourth-order valence-corrected chi connectivity index (χ4v) is 2.01. The zero-order valence-corrected chi connectivity index (χ0v) is 12.0. The number of nitrogens with two attached hydrogens (primary N) is 1. The summed E-state index contributed by atoms with van der Waals surface area (Å²) in [7, 11) is 0. The average molecular weight is 310 g/mol. The predicted octanol–water partition coefficient (Wildman–Crippen LogP) is 0.952. The number of aromatic nitrogens is 3. The second-order valence-electron chi connectivity index (χ2n) is 4.47. The number of aliphatic hydroxyl groups is 1. The number of halogens is 1. The van der Waals surface area contributed by atoms with Gasteiger partial charge in [-0.25, -0.2) is 0 Å². The number of benzene rings is 1. The van der Waals surface area contributed by atoms with Gasteiger partial charge >= 0.3 is 0 Å². The SMILES string of the molecule is NC(=O)C(Nc1cccc(Cl)c1)c1cn(CCCO)nn1. The van der Waals surface area contributed by atoms with Gasteiger partial charge in [0.25, 0.3) is 0 Å². The first-order valence-electron chi connectivity index (χ1n) is 6.42. The molecule has 0 spiro atoms. The highest BCUT2D eigenvalue weighted by Gasteiger charge is 2.21. The molecule has 0 bridgehead atoms. The molecule has 1 amide bonds. The molecule has 112 valence electrons. The fraction of sp³-hybridized carbons (Fsp3) is 0.308. The first kappa shape index (κ1) is 15.3. The second-order valence-corrected chi connectivity index (χ2v) is 4.91. The van der Waals surface area contributed by atoms with Crippen LogP contribution in [0.1, 0.15) is 18.2 Å². The molecule has 8 heteroatoms. The summed E-state index contributed by atoms with van der Waals surface area (Å²) in [5, 5.41) is 20.2. The summed E-state index contributed by atoms with van der Waals surface area (Å²) < 4.78 is 1.56. The first-order chi connectivity index (χ1) is 10.1. The second kappa shape index (κ2) is 7.05. The Kier molecular flexibility index (Phi) is 5.13. The van der Waals surface area contributed by atoms with Crippen LogP contribution in [0.4, 0.5) is 5.69 Å². The van der Waals surface area contributed by atoms with Crippen molar-refractivity contribution >= 4 is 23.2 Å². The fourth-order valence-electron chi connectivity index (χ4n) is 1.82. The van der Waals surface area contributed by atoms with Crippen molar-refractivity contribution in [3.63, 3.8) is 0 Å². The standard InChI is InChI=1S/C13H16ClN5O2/c14-9-3-1-4-10(7-9)16-12(13(15)21)11-8-19(18-17-11)5-2-6-20/h1,3-4,7-8,12,16,20H,2,5-6H2,(H2,15,21). The topological polar surface area (TPSA) is 106 Å². The molecule has 4 N–H and O–H groups in total. The van der Waals surface area contributed by atoms with Crippen LogP contribution in [-0.4, -0.2) is 32.6 Å². The van der Waals surface area contributed by atoms with Crippen molar-refractivity contribution in [1.82, 2.24) is 15.0 Å². The maximum atomic E-state index is 11.6. The lowest BCUT2D eigenvalue weighted by atomic mass is 10.2. The van der Waals surface area contributed by atoms with Crippen molar-refractivity contribution in [2.45, 2.75) is 19.0 Å². The number of aryl methyl sites for hydroxylation is 1. The van der Waals surface area contributed by atoms with Gasteiger partial charge in [0.15, 0.2) is 6.04 Å². The summed E-state index contributed by atoms with van der Waals surface area (Å²) in [6.07, 6.45) is 2.19. The van der Waals surface area contributed by atoms with Gasteiger partial charge in [-0.05, 0) is 24.6 Å². The molecule has 1 aromatic carbocycles. The van der Waals surface area contributed by atoms with Gasteiger partial charge in [0.05, 0.1) is 6.20 Å². The van der Waals surface area contributed by atoms with Crippen LogP contribution >= 0.6 is 11.6 Å². The number of amides is 1. The minimum atomic E-state index is -0.800. The van der Waals surface area contributed by atoms with Gasteiger partial charge in [0.1, 0.15) is 5.69 Å². The van der Waals surface area contributed by atoms with Crippen LogP contribution in [0.5, 0.6) is 0 Å². The van der Waals surface area contributed by atoms with Crippen LogP contribution in [-0.2, 0) is 11.3 Å². The van der Waals surface area contributed by atoms with Crippen LogP contribution in [0.2, 0.25) is 5.02 Å². The molecule has 0 aliphatic heterocycles. The highest BCUT2D eigenvalue weighted by atomic mass is 35.5. The van der Waals surface area contributed by atoms with E-state index in [0.29, 0.717) is 29.4 Å². The maximum Gasteiger partial charge on any atom is 0.246 e. The molecule has 21 heavy (non-hydrogen) atoms. The van der Waals surface area contributed by atoms with Crippen LogP contribution in [0.25, 0.3) is 0 Å². The van der Waals surface area contributed by atoms with Gasteiger partial charge in [-0.2, -0.15) is 0 Å². The summed E-state index contributed by atoms with van der Waals surface area (Å²) >= 11 is 5.90. The van der Waals surface area contributed by atoms with E-state index in [0.717, 1.165) is 0 Å². The third-order valence-electron chi connectivity index (χ3n) is 2.82. The Hall–Kier alpha value is -2.12. The summed E-state index contributed by atoms with van der Waals surface area (Å²) in [5.41, 5.74) is 6.49. The average Bonchev–Trinajstić information content (AvgIpc) is 2.91. The number of aliphatic hydroxyl groups excluding tert-OH is 1. The van der Waals surface area contributed by atoms with E-state index in [2.05, 4.69) is 15.6 Å². The minimum Gasteiger partial charge on any atom is -0.396 e. The molecule has 2 rings (SSSR count). The first-order valence-corrected chi connectivity index (χ1v) is 6.80. The molecule has 1 heterocycles. The molecule has 1 atom stereocenters. The van der Waals surface area contributed by atoms with E-state index in [1.165, 1.54) is 0 Å². The lowest BCUT2D eigenvalue weighted by Gasteiger charge is -2.14. The summed E-state index contributed by atoms with van der Waals surface area (Å²) in [6.45, 7) is 0.585. The van der Waals surface area contributed by atoms with Gasteiger partial charge < -0.3 is 16.2 Å². The van der Waals surface area contributed by atoms with Crippen molar-refractivity contribution in [1.29, 1.82) is 0 Å². The number of hydrogen-bond donors (Lipinski definition) is 3. The monoisotopic (exact) mass is 309 g/mol. The van der Waals surface area contributed by atoms with Crippen LogP contribution in [0, 0.1) is 0 Å². The number of nitrogens with zero attached hydrogens (tertiary/aromatic N) is 3. The van der Waals surface area contributed by atoms with E-state index >= 15 is 0 Å². The summed E-state index contributed by atoms with van der Waals surface area (Å²) in [4.78, 5) is 11.6. The van der Waals surface area contributed by atoms with Crippen LogP contribution < -0.4 is 11.1 Å². The lowest BCUT2D eigenvalue weighted by Crippen LogP contribution is -2.28. The maximum absolute atomic E-state index is 11.6. The van der Waals surface area contributed by atoms with Gasteiger partial charge in [0.2, 0.25) is 5.91 Å². The lowest BCUT2D eigenvalue weighted by molar-refractivity contribution is -0.118. The van der Waals surface area contributed by atoms with Crippen molar-refractivity contribution in [3.05, 3.63) is 41.2 Å². The van der Waals surface area contributed by atoms with E-state index in [4.69, 9.17) is 22.4 Å². The molecular weight excluding hydrogens is 294 g/mol. The smallest absolute Gasteiger partial charge is 0.246 e. The molecule has 1 unspecified atom stereocenters. The summed E-state index contributed by atoms with van der Waals surface area (Å²) in [5.74, 6) is -0.566. The zero-order chi connectivity index (χ0) is 15.2. The number of carbonyl (C=O) groups excluding carboxylic acids is 1. The molecule has 0 saturated heterocycles. The Balaban J connectivity index is 2.15. The molecule has 1 aromatic heterocycles. The Bertz CT molecular complexity index is 616. The number of nitrogens with one attached hydrogen (secondary N) is 1. The Morgan fingerprint density at radius 2 is 2.33 bits per heavy atom. The number of hydrogen-bond acceptors (Lipinski definition) is 5. The zero-order valence-electron chi connectivity index (χ0n) is 11.2. The Labute approximate surface area is 126 Å². The quantitative estimate of drug-likeness (QED) is 0.706. The van der Waals surface area contributed by atoms with Crippen molar-refractivity contribution in [2.75, 3.05) is 11.9 Å². The molecule has 0 fully saturated rings. The number of anilines is 1. The largest absolute Gasteiger partial charge is 0.396 e. The van der Waals surface area contributed by atoms with Crippen molar-refractivity contribution < 1.29 is 9.90 Å². The number of primary amides is 1. The summed E-state index contributed by atoms with van der Waals surface area (Å²) in [6, 6.07) is 6.16. The Morgan fingerprint density at radius 3 is 3.00 bits per heavy atom. The molecule has 0 saturated carbocycles. The third kappa shape index (κ3) is 4.17. The molecule has 0 radical (unpaired) electrons. The van der Waals surface area contributed by atoms with Gasteiger partial charge in [0, 0.05) is 23.9 Å². The third-order valence-corrected chi connectivity index (χ3v) is 3.05. The van der Waals surface area contributed by atoms with Gasteiger partial charge in [-0.1, -0.05) is 22.9 Å². The van der Waals surface area contributed by atoms with Crippen LogP contribution in [0.3, 0.4) is 0 Å².